The van der Waals surface area contributed by atoms with Crippen molar-refractivity contribution in [1.29, 1.82) is 0 Å². The first kappa shape index (κ1) is 20.6. The number of hydrogen-bond donors (Lipinski definition) is 1. The fraction of sp³-hybridized carbons (Fsp3) is 0.421. The monoisotopic (exact) mass is 495 g/mol. The predicted octanol–water partition coefficient (Wildman–Crippen LogP) is 2.07. The number of para-hydroxylation sites is 2. The summed E-state index contributed by atoms with van der Waals surface area (Å²) >= 11 is 0. The van der Waals surface area contributed by atoms with Gasteiger partial charge in [0.05, 0.1) is 23.3 Å². The molecule has 1 fully saturated rings. The molecule has 0 spiro atoms. The van der Waals surface area contributed by atoms with E-state index in [1.165, 1.54) is 0 Å². The predicted molar refractivity (Wildman–Crippen MR) is 120 cm³/mol. The third-order valence-corrected chi connectivity index (χ3v) is 5.04. The summed E-state index contributed by atoms with van der Waals surface area (Å²) in [6, 6.07) is 10.1. The van der Waals surface area contributed by atoms with Gasteiger partial charge in [-0.25, -0.2) is 4.98 Å². The average Bonchev–Trinajstić information content (AvgIpc) is 3.32. The highest BCUT2D eigenvalue weighted by Gasteiger charge is 2.20. The van der Waals surface area contributed by atoms with E-state index in [1.807, 2.05) is 31.3 Å². The molecule has 0 unspecified atom stereocenters. The van der Waals surface area contributed by atoms with Crippen molar-refractivity contribution in [2.24, 2.45) is 12.0 Å². The van der Waals surface area contributed by atoms with Crippen molar-refractivity contribution in [3.63, 3.8) is 0 Å². The van der Waals surface area contributed by atoms with Crippen LogP contribution in [-0.4, -0.2) is 63.7 Å². The van der Waals surface area contributed by atoms with Crippen LogP contribution in [0.3, 0.4) is 0 Å². The number of piperazine rings is 1. The lowest BCUT2D eigenvalue weighted by Crippen LogP contribution is -2.52. The van der Waals surface area contributed by atoms with Crippen LogP contribution in [0.25, 0.3) is 11.0 Å². The fourth-order valence-corrected chi connectivity index (χ4v) is 3.51. The zero-order chi connectivity index (χ0) is 18.6. The number of halogens is 1. The molecule has 28 heavy (non-hydrogen) atoms. The van der Waals surface area contributed by atoms with E-state index in [0.717, 1.165) is 61.2 Å². The number of fused-ring (bicyclic) bond motifs is 1. The van der Waals surface area contributed by atoms with Crippen molar-refractivity contribution in [1.82, 2.24) is 29.8 Å². The molecule has 1 aliphatic heterocycles. The lowest BCUT2D eigenvalue weighted by Gasteiger charge is -2.36. The van der Waals surface area contributed by atoms with E-state index < -0.39 is 0 Å². The van der Waals surface area contributed by atoms with E-state index in [1.54, 1.807) is 6.26 Å². The maximum atomic E-state index is 4.91. The smallest absolute Gasteiger partial charge is 0.194 e. The standard InChI is InChI=1S/C19H25N7O.HI/c1-20-19(21-13-18-22-16-5-3-4-6-17(16)24(18)2)26-10-8-25(9-11-26)14-15-7-12-27-23-15;/h3-7,12H,8-11,13-14H2,1-2H3,(H,20,21);1H. The number of benzene rings is 1. The summed E-state index contributed by atoms with van der Waals surface area (Å²) in [6.07, 6.45) is 1.62. The van der Waals surface area contributed by atoms with Gasteiger partial charge in [0.15, 0.2) is 5.96 Å². The van der Waals surface area contributed by atoms with E-state index in [4.69, 9.17) is 9.51 Å². The normalized spacial score (nSPS) is 15.6. The van der Waals surface area contributed by atoms with Gasteiger partial charge in [0.2, 0.25) is 0 Å². The first-order valence-electron chi connectivity index (χ1n) is 9.22. The van der Waals surface area contributed by atoms with Crippen LogP contribution in [0.2, 0.25) is 0 Å². The number of guanidine groups is 1. The second kappa shape index (κ2) is 9.37. The molecule has 9 heteroatoms. The Labute approximate surface area is 181 Å². The molecule has 1 aromatic carbocycles. The summed E-state index contributed by atoms with van der Waals surface area (Å²) in [7, 11) is 3.89. The van der Waals surface area contributed by atoms with Gasteiger partial charge >= 0.3 is 0 Å². The third kappa shape index (κ3) is 4.46. The first-order chi connectivity index (χ1) is 13.2. The summed E-state index contributed by atoms with van der Waals surface area (Å²) in [6.45, 7) is 5.28. The zero-order valence-corrected chi connectivity index (χ0v) is 18.5. The van der Waals surface area contributed by atoms with Crippen LogP contribution in [0.5, 0.6) is 0 Å². The maximum absolute atomic E-state index is 4.91. The van der Waals surface area contributed by atoms with Crippen LogP contribution >= 0.6 is 24.0 Å². The number of aryl methyl sites for hydroxylation is 1. The van der Waals surface area contributed by atoms with Gasteiger partial charge in [-0.05, 0) is 12.1 Å². The van der Waals surface area contributed by atoms with E-state index in [9.17, 15) is 0 Å². The summed E-state index contributed by atoms with van der Waals surface area (Å²) in [4.78, 5) is 13.9. The van der Waals surface area contributed by atoms with E-state index in [-0.39, 0.29) is 24.0 Å². The van der Waals surface area contributed by atoms with Crippen LogP contribution in [0, 0.1) is 0 Å². The Hall–Kier alpha value is -2.14. The van der Waals surface area contributed by atoms with Crippen molar-refractivity contribution in [2.45, 2.75) is 13.1 Å². The van der Waals surface area contributed by atoms with Crippen molar-refractivity contribution in [2.75, 3.05) is 33.2 Å². The lowest BCUT2D eigenvalue weighted by molar-refractivity contribution is 0.169. The number of nitrogens with one attached hydrogen (secondary N) is 1. The molecule has 1 aliphatic rings. The Morgan fingerprint density at radius 1 is 1.18 bits per heavy atom. The van der Waals surface area contributed by atoms with E-state index >= 15 is 0 Å². The Morgan fingerprint density at radius 3 is 2.64 bits per heavy atom. The minimum Gasteiger partial charge on any atom is -0.364 e. The maximum Gasteiger partial charge on any atom is 0.194 e. The number of aliphatic imine (C=N–C) groups is 1. The summed E-state index contributed by atoms with van der Waals surface area (Å²) in [5, 5.41) is 7.46. The van der Waals surface area contributed by atoms with Crippen LogP contribution in [0.1, 0.15) is 11.5 Å². The van der Waals surface area contributed by atoms with Crippen LogP contribution in [0.4, 0.5) is 0 Å². The second-order valence-corrected chi connectivity index (χ2v) is 6.73. The number of imidazole rings is 1. The molecule has 0 bridgehead atoms. The fourth-order valence-electron chi connectivity index (χ4n) is 3.51. The molecule has 0 amide bonds. The molecule has 150 valence electrons. The molecule has 0 aliphatic carbocycles. The highest BCUT2D eigenvalue weighted by atomic mass is 127. The van der Waals surface area contributed by atoms with Gasteiger partial charge in [0.1, 0.15) is 12.1 Å². The SMILES string of the molecule is CN=C(NCc1nc2ccccc2n1C)N1CCN(Cc2ccon2)CC1.I. The summed E-state index contributed by atoms with van der Waals surface area (Å²) < 4.78 is 7.04. The van der Waals surface area contributed by atoms with Gasteiger partial charge < -0.3 is 19.3 Å². The largest absolute Gasteiger partial charge is 0.364 e. The summed E-state index contributed by atoms with van der Waals surface area (Å²) in [5.41, 5.74) is 3.15. The number of hydrogen-bond acceptors (Lipinski definition) is 5. The van der Waals surface area contributed by atoms with Crippen LogP contribution in [-0.2, 0) is 20.1 Å². The average molecular weight is 495 g/mol. The van der Waals surface area contributed by atoms with E-state index in [2.05, 4.69) is 42.9 Å². The minimum atomic E-state index is 0. The van der Waals surface area contributed by atoms with Crippen LogP contribution in [0.15, 0.2) is 46.1 Å². The third-order valence-electron chi connectivity index (χ3n) is 5.04. The molecular weight excluding hydrogens is 469 g/mol. The molecule has 8 nitrogen and oxygen atoms in total. The molecule has 1 saturated heterocycles. The lowest BCUT2D eigenvalue weighted by atomic mass is 10.3. The quantitative estimate of drug-likeness (QED) is 0.340. The van der Waals surface area contributed by atoms with Gasteiger partial charge in [-0.15, -0.1) is 24.0 Å². The minimum absolute atomic E-state index is 0. The summed E-state index contributed by atoms with van der Waals surface area (Å²) in [5.74, 6) is 1.92. The zero-order valence-electron chi connectivity index (χ0n) is 16.2. The van der Waals surface area contributed by atoms with Gasteiger partial charge in [0.25, 0.3) is 0 Å². The number of rotatable bonds is 4. The Bertz CT molecular complexity index is 914. The molecule has 0 saturated carbocycles. The highest BCUT2D eigenvalue weighted by molar-refractivity contribution is 14.0. The Kier molecular flexibility index (Phi) is 6.89. The molecule has 1 N–H and O–H groups in total. The van der Waals surface area contributed by atoms with Crippen molar-refractivity contribution < 1.29 is 4.52 Å². The molecule has 0 atom stereocenters. The van der Waals surface area contributed by atoms with Crippen molar-refractivity contribution >= 4 is 41.0 Å². The molecule has 0 radical (unpaired) electrons. The molecular formula is C19H26IN7O. The highest BCUT2D eigenvalue weighted by Crippen LogP contribution is 2.14. The Morgan fingerprint density at radius 2 is 1.96 bits per heavy atom. The number of nitrogens with zero attached hydrogens (tertiary/aromatic N) is 6. The van der Waals surface area contributed by atoms with E-state index in [0.29, 0.717) is 6.54 Å². The molecule has 2 aromatic heterocycles. The Balaban J connectivity index is 0.00000225. The first-order valence-corrected chi connectivity index (χ1v) is 9.22. The molecule has 4 rings (SSSR count). The second-order valence-electron chi connectivity index (χ2n) is 6.73. The molecule has 3 aromatic rings. The van der Waals surface area contributed by atoms with Crippen LogP contribution < -0.4 is 5.32 Å². The van der Waals surface area contributed by atoms with Gasteiger partial charge in [0, 0.05) is 52.9 Å². The van der Waals surface area contributed by atoms with Gasteiger partial charge in [-0.1, -0.05) is 17.3 Å². The molecule has 3 heterocycles. The topological polar surface area (TPSA) is 74.7 Å². The van der Waals surface area contributed by atoms with Gasteiger partial charge in [-0.3, -0.25) is 9.89 Å². The van der Waals surface area contributed by atoms with Gasteiger partial charge in [-0.2, -0.15) is 0 Å². The van der Waals surface area contributed by atoms with Crippen molar-refractivity contribution in [3.05, 3.63) is 48.1 Å². The van der Waals surface area contributed by atoms with Crippen molar-refractivity contribution in [3.8, 4) is 0 Å². The number of aromatic nitrogens is 3.